The smallest absolute Gasteiger partial charge is 0.237 e. The number of carbonyl (C=O) groups excluding carboxylic acids is 1. The van der Waals surface area contributed by atoms with Gasteiger partial charge in [0.2, 0.25) is 5.91 Å². The summed E-state index contributed by atoms with van der Waals surface area (Å²) in [5, 5.41) is 3.54. The molecule has 1 fully saturated rings. The van der Waals surface area contributed by atoms with E-state index in [1.165, 1.54) is 12.8 Å². The van der Waals surface area contributed by atoms with Gasteiger partial charge in [-0.3, -0.25) is 9.69 Å². The molecule has 0 unspecified atom stereocenters. The van der Waals surface area contributed by atoms with Crippen LogP contribution < -0.4 is 5.32 Å². The molecule has 0 aliphatic carbocycles. The molecule has 100 valence electrons. The van der Waals surface area contributed by atoms with E-state index in [1.54, 1.807) is 11.8 Å². The van der Waals surface area contributed by atoms with E-state index in [1.807, 2.05) is 6.92 Å². The molecule has 0 bridgehead atoms. The van der Waals surface area contributed by atoms with Gasteiger partial charge in [0, 0.05) is 23.9 Å². The van der Waals surface area contributed by atoms with Crippen molar-refractivity contribution in [2.24, 2.45) is 0 Å². The lowest BCUT2D eigenvalue weighted by atomic mass is 10.2. The van der Waals surface area contributed by atoms with Crippen LogP contribution in [0, 0.1) is 0 Å². The van der Waals surface area contributed by atoms with Gasteiger partial charge in [0.15, 0.2) is 0 Å². The van der Waals surface area contributed by atoms with E-state index in [-0.39, 0.29) is 11.9 Å². The summed E-state index contributed by atoms with van der Waals surface area (Å²) in [6.07, 6.45) is 4.49. The molecule has 1 rings (SSSR count). The van der Waals surface area contributed by atoms with E-state index in [9.17, 15) is 4.79 Å². The molecule has 0 spiro atoms. The third-order valence-electron chi connectivity index (χ3n) is 3.81. The molecular formula is C13H26N2OS. The molecule has 0 aromatic carbocycles. The monoisotopic (exact) mass is 258 g/mol. The van der Waals surface area contributed by atoms with Crippen LogP contribution in [0.4, 0.5) is 0 Å². The van der Waals surface area contributed by atoms with Gasteiger partial charge in [0.25, 0.3) is 0 Å². The zero-order chi connectivity index (χ0) is 13.0. The van der Waals surface area contributed by atoms with Crippen LogP contribution in [0.1, 0.15) is 40.5 Å². The first-order valence-corrected chi connectivity index (χ1v) is 7.84. The van der Waals surface area contributed by atoms with E-state index in [0.717, 1.165) is 6.54 Å². The normalized spacial score (nSPS) is 29.0. The van der Waals surface area contributed by atoms with E-state index in [2.05, 4.69) is 37.2 Å². The summed E-state index contributed by atoms with van der Waals surface area (Å²) in [7, 11) is 0. The van der Waals surface area contributed by atoms with E-state index < -0.39 is 0 Å². The van der Waals surface area contributed by atoms with Crippen LogP contribution in [0.2, 0.25) is 0 Å². The molecule has 4 atom stereocenters. The van der Waals surface area contributed by atoms with Gasteiger partial charge in [0.05, 0.1) is 6.04 Å². The second-order valence-corrected chi connectivity index (χ2v) is 6.47. The van der Waals surface area contributed by atoms with Gasteiger partial charge in [-0.05, 0) is 39.9 Å². The lowest BCUT2D eigenvalue weighted by Crippen LogP contribution is -2.49. The summed E-state index contributed by atoms with van der Waals surface area (Å²) in [6.45, 7) is 9.37. The van der Waals surface area contributed by atoms with Crippen molar-refractivity contribution in [3.63, 3.8) is 0 Å². The summed E-state index contributed by atoms with van der Waals surface area (Å²) in [6, 6.07) is 1.06. The third kappa shape index (κ3) is 3.88. The molecule has 3 nitrogen and oxygen atoms in total. The Balaban J connectivity index is 2.45. The minimum absolute atomic E-state index is 0.00319. The minimum atomic E-state index is -0.00319. The molecule has 0 radical (unpaired) electrons. The van der Waals surface area contributed by atoms with Crippen molar-refractivity contribution in [3.8, 4) is 0 Å². The standard InChI is InChI=1S/C13H26N2OS/c1-9-6-7-10(2)15(9)12(4)13(16)14-8-11(3)17-5/h9-12H,6-8H2,1-5H3,(H,14,16)/t9-,10-,11+,12-/m0/s1. The SMILES string of the molecule is CS[C@H](C)CNC(=O)[C@H](C)N1[C@@H](C)CC[C@@H]1C. The number of nitrogens with one attached hydrogen (secondary N) is 1. The Morgan fingerprint density at radius 1 is 1.35 bits per heavy atom. The van der Waals surface area contributed by atoms with Crippen molar-refractivity contribution in [2.75, 3.05) is 12.8 Å². The molecule has 0 saturated carbocycles. The van der Waals surface area contributed by atoms with Gasteiger partial charge in [-0.15, -0.1) is 0 Å². The summed E-state index contributed by atoms with van der Waals surface area (Å²) in [5.41, 5.74) is 0. The summed E-state index contributed by atoms with van der Waals surface area (Å²) in [5.74, 6) is 0.173. The number of thioether (sulfide) groups is 1. The molecule has 1 N–H and O–H groups in total. The molecule has 0 aromatic heterocycles. The van der Waals surface area contributed by atoms with Crippen molar-refractivity contribution in [1.82, 2.24) is 10.2 Å². The van der Waals surface area contributed by atoms with E-state index in [4.69, 9.17) is 0 Å². The fraction of sp³-hybridized carbons (Fsp3) is 0.923. The maximum Gasteiger partial charge on any atom is 0.237 e. The van der Waals surface area contributed by atoms with Crippen LogP contribution in [-0.4, -0.2) is 47.0 Å². The average Bonchev–Trinajstić information content (AvgIpc) is 2.64. The molecule has 0 aromatic rings. The molecule has 1 aliphatic rings. The summed E-state index contributed by atoms with van der Waals surface area (Å²) >= 11 is 1.78. The Morgan fingerprint density at radius 3 is 2.35 bits per heavy atom. The fourth-order valence-electron chi connectivity index (χ4n) is 2.59. The first-order valence-electron chi connectivity index (χ1n) is 6.55. The van der Waals surface area contributed by atoms with Crippen molar-refractivity contribution in [1.29, 1.82) is 0 Å². The highest BCUT2D eigenvalue weighted by Gasteiger charge is 2.34. The summed E-state index contributed by atoms with van der Waals surface area (Å²) in [4.78, 5) is 14.4. The number of hydrogen-bond acceptors (Lipinski definition) is 3. The van der Waals surface area contributed by atoms with Gasteiger partial charge in [-0.25, -0.2) is 0 Å². The number of hydrogen-bond donors (Lipinski definition) is 1. The first kappa shape index (κ1) is 14.8. The van der Waals surface area contributed by atoms with Crippen LogP contribution in [0.15, 0.2) is 0 Å². The molecule has 17 heavy (non-hydrogen) atoms. The van der Waals surface area contributed by atoms with Crippen molar-refractivity contribution < 1.29 is 4.79 Å². The van der Waals surface area contributed by atoms with Crippen molar-refractivity contribution >= 4 is 17.7 Å². The predicted octanol–water partition coefficient (Wildman–Crippen LogP) is 2.12. The molecule has 1 heterocycles. The van der Waals surface area contributed by atoms with Crippen LogP contribution >= 0.6 is 11.8 Å². The van der Waals surface area contributed by atoms with Gasteiger partial charge < -0.3 is 5.32 Å². The van der Waals surface area contributed by atoms with Crippen molar-refractivity contribution in [2.45, 2.75) is 63.9 Å². The Labute approximate surface area is 110 Å². The highest BCUT2D eigenvalue weighted by atomic mass is 32.2. The second-order valence-electron chi connectivity index (χ2n) is 5.19. The Kier molecular flexibility index (Phi) is 5.80. The molecule has 1 saturated heterocycles. The van der Waals surface area contributed by atoms with Crippen LogP contribution in [-0.2, 0) is 4.79 Å². The second kappa shape index (κ2) is 6.64. The average molecular weight is 258 g/mol. The van der Waals surface area contributed by atoms with Gasteiger partial charge in [0.1, 0.15) is 0 Å². The minimum Gasteiger partial charge on any atom is -0.354 e. The van der Waals surface area contributed by atoms with Crippen LogP contribution in [0.25, 0.3) is 0 Å². The fourth-order valence-corrected chi connectivity index (χ4v) is 2.84. The van der Waals surface area contributed by atoms with E-state index in [0.29, 0.717) is 17.3 Å². The zero-order valence-electron chi connectivity index (χ0n) is 11.7. The lowest BCUT2D eigenvalue weighted by molar-refractivity contribution is -0.126. The quantitative estimate of drug-likeness (QED) is 0.820. The topological polar surface area (TPSA) is 32.3 Å². The lowest BCUT2D eigenvalue weighted by Gasteiger charge is -2.31. The largest absolute Gasteiger partial charge is 0.354 e. The van der Waals surface area contributed by atoms with Crippen molar-refractivity contribution in [3.05, 3.63) is 0 Å². The Bertz CT molecular complexity index is 250. The number of rotatable bonds is 5. The van der Waals surface area contributed by atoms with Gasteiger partial charge in [-0.1, -0.05) is 6.92 Å². The Hall–Kier alpha value is -0.220. The molecular weight excluding hydrogens is 232 g/mol. The van der Waals surface area contributed by atoms with Gasteiger partial charge >= 0.3 is 0 Å². The van der Waals surface area contributed by atoms with Crippen LogP contribution in [0.3, 0.4) is 0 Å². The first-order chi connectivity index (χ1) is 7.97. The zero-order valence-corrected chi connectivity index (χ0v) is 12.5. The molecule has 1 amide bonds. The summed E-state index contributed by atoms with van der Waals surface area (Å²) < 4.78 is 0. The third-order valence-corrected chi connectivity index (χ3v) is 4.78. The highest BCUT2D eigenvalue weighted by molar-refractivity contribution is 7.99. The molecule has 4 heteroatoms. The number of carbonyl (C=O) groups is 1. The highest BCUT2D eigenvalue weighted by Crippen LogP contribution is 2.25. The van der Waals surface area contributed by atoms with Gasteiger partial charge in [-0.2, -0.15) is 11.8 Å². The van der Waals surface area contributed by atoms with E-state index >= 15 is 0 Å². The number of amides is 1. The number of likely N-dealkylation sites (tertiary alicyclic amines) is 1. The molecule has 1 aliphatic heterocycles. The maximum absolute atomic E-state index is 12.1. The maximum atomic E-state index is 12.1. The predicted molar refractivity (Wildman–Crippen MR) is 75.4 cm³/mol. The van der Waals surface area contributed by atoms with Crippen LogP contribution in [0.5, 0.6) is 0 Å². The number of nitrogens with zero attached hydrogens (tertiary/aromatic N) is 1. The Morgan fingerprint density at radius 2 is 1.88 bits per heavy atom.